The molecule has 0 spiro atoms. The van der Waals surface area contributed by atoms with Crippen LogP contribution >= 0.6 is 0 Å². The summed E-state index contributed by atoms with van der Waals surface area (Å²) >= 11 is 0. The molecule has 1 N–H and O–H groups in total. The molecule has 1 saturated heterocycles. The van der Waals surface area contributed by atoms with E-state index in [1.165, 1.54) is 10.1 Å². The molecule has 8 nitrogen and oxygen atoms in total. The number of rotatable bonds is 5. The van der Waals surface area contributed by atoms with Crippen molar-refractivity contribution < 1.29 is 9.59 Å². The molecule has 2 amide bonds. The predicted molar refractivity (Wildman–Crippen MR) is 122 cm³/mol. The van der Waals surface area contributed by atoms with Crippen molar-refractivity contribution in [3.05, 3.63) is 80.5 Å². The number of nitrogens with one attached hydrogen (secondary N) is 1. The van der Waals surface area contributed by atoms with Crippen LogP contribution in [0.2, 0.25) is 0 Å². The Kier molecular flexibility index (Phi) is 6.20. The highest BCUT2D eigenvalue weighted by Crippen LogP contribution is 2.12. The largest absolute Gasteiger partial charge is 0.339 e. The maximum absolute atomic E-state index is 12.7. The van der Waals surface area contributed by atoms with Crippen LogP contribution in [0.3, 0.4) is 0 Å². The lowest BCUT2D eigenvalue weighted by molar-refractivity contribution is -0.132. The van der Waals surface area contributed by atoms with Gasteiger partial charge in [-0.2, -0.15) is 0 Å². The fourth-order valence-electron chi connectivity index (χ4n) is 4.05. The number of fused-ring (bicyclic) bond motifs is 1. The fraction of sp³-hybridized carbons (Fsp3) is 0.333. The monoisotopic (exact) mass is 434 g/mol. The first kappa shape index (κ1) is 21.5. The Bertz CT molecular complexity index is 1250. The van der Waals surface area contributed by atoms with Gasteiger partial charge in [-0.05, 0) is 36.2 Å². The molecule has 0 aliphatic carbocycles. The summed E-state index contributed by atoms with van der Waals surface area (Å²) in [5.41, 5.74) is 1.40. The molecular formula is C24H26N4O4. The van der Waals surface area contributed by atoms with E-state index in [2.05, 4.69) is 11.9 Å². The number of hydrogen-bond acceptors (Lipinski definition) is 4. The number of nitrogens with zero attached hydrogens (tertiary/aromatic N) is 3. The molecule has 0 atom stereocenters. The summed E-state index contributed by atoms with van der Waals surface area (Å²) in [5.74, 6) is -0.0995. The number of carbonyl (C=O) groups is 2. The van der Waals surface area contributed by atoms with Gasteiger partial charge in [-0.25, -0.2) is 4.79 Å². The molecule has 1 aromatic heterocycles. The molecule has 3 aromatic rings. The highest BCUT2D eigenvalue weighted by atomic mass is 16.2. The first-order valence-electron chi connectivity index (χ1n) is 10.9. The van der Waals surface area contributed by atoms with E-state index in [9.17, 15) is 19.2 Å². The van der Waals surface area contributed by atoms with E-state index < -0.39 is 11.2 Å². The zero-order valence-electron chi connectivity index (χ0n) is 18.0. The van der Waals surface area contributed by atoms with Crippen molar-refractivity contribution in [2.75, 3.05) is 26.2 Å². The summed E-state index contributed by atoms with van der Waals surface area (Å²) in [4.78, 5) is 55.5. The molecule has 166 valence electrons. The van der Waals surface area contributed by atoms with Gasteiger partial charge in [0.15, 0.2) is 0 Å². The number of H-pyrrole nitrogens is 1. The normalized spacial score (nSPS) is 14.0. The van der Waals surface area contributed by atoms with E-state index >= 15 is 0 Å². The summed E-state index contributed by atoms with van der Waals surface area (Å²) in [7, 11) is 0. The molecule has 0 bridgehead atoms. The Morgan fingerprint density at radius 2 is 1.56 bits per heavy atom. The van der Waals surface area contributed by atoms with E-state index in [1.807, 2.05) is 24.3 Å². The highest BCUT2D eigenvalue weighted by molar-refractivity contribution is 5.94. The van der Waals surface area contributed by atoms with Crippen LogP contribution in [0.25, 0.3) is 10.9 Å². The van der Waals surface area contributed by atoms with Gasteiger partial charge in [-0.1, -0.05) is 31.2 Å². The lowest BCUT2D eigenvalue weighted by atomic mass is 10.1. The van der Waals surface area contributed by atoms with Crippen molar-refractivity contribution in [2.24, 2.45) is 0 Å². The number of aromatic nitrogens is 2. The van der Waals surface area contributed by atoms with Gasteiger partial charge in [0.05, 0.1) is 10.9 Å². The topological polar surface area (TPSA) is 95.5 Å². The Labute approximate surface area is 185 Å². The van der Waals surface area contributed by atoms with Crippen LogP contribution in [-0.4, -0.2) is 57.3 Å². The van der Waals surface area contributed by atoms with E-state index in [-0.39, 0.29) is 24.8 Å². The number of benzene rings is 2. The quantitative estimate of drug-likeness (QED) is 0.660. The first-order chi connectivity index (χ1) is 15.5. The van der Waals surface area contributed by atoms with Gasteiger partial charge in [0, 0.05) is 44.7 Å². The van der Waals surface area contributed by atoms with Crippen LogP contribution in [0.5, 0.6) is 0 Å². The van der Waals surface area contributed by atoms with Crippen LogP contribution in [0.15, 0.2) is 58.1 Å². The molecule has 0 unspecified atom stereocenters. The fourth-order valence-corrected chi connectivity index (χ4v) is 4.05. The SMILES string of the molecule is CCc1ccc(C(=O)N2CCN(C(=O)CCn3c(=O)[nH]c(=O)c4ccccc43)CC2)cc1. The lowest BCUT2D eigenvalue weighted by Crippen LogP contribution is -2.50. The van der Waals surface area contributed by atoms with Crippen LogP contribution in [-0.2, 0) is 17.8 Å². The van der Waals surface area contributed by atoms with E-state index in [1.54, 1.807) is 34.1 Å². The van der Waals surface area contributed by atoms with Gasteiger partial charge in [0.25, 0.3) is 11.5 Å². The van der Waals surface area contributed by atoms with Crippen molar-refractivity contribution in [1.29, 1.82) is 0 Å². The Morgan fingerprint density at radius 1 is 0.906 bits per heavy atom. The molecule has 1 aliphatic rings. The van der Waals surface area contributed by atoms with Gasteiger partial charge in [-0.15, -0.1) is 0 Å². The van der Waals surface area contributed by atoms with Crippen molar-refractivity contribution in [1.82, 2.24) is 19.4 Å². The number of amides is 2. The maximum atomic E-state index is 12.7. The van der Waals surface area contributed by atoms with Gasteiger partial charge in [0.2, 0.25) is 5.91 Å². The van der Waals surface area contributed by atoms with Crippen molar-refractivity contribution in [2.45, 2.75) is 26.3 Å². The molecule has 2 heterocycles. The third-order valence-corrected chi connectivity index (χ3v) is 5.98. The van der Waals surface area contributed by atoms with Crippen LogP contribution in [0.1, 0.15) is 29.3 Å². The average Bonchev–Trinajstić information content (AvgIpc) is 2.83. The van der Waals surface area contributed by atoms with E-state index in [0.29, 0.717) is 42.6 Å². The molecule has 0 saturated carbocycles. The number of aryl methyl sites for hydroxylation is 2. The molecule has 8 heteroatoms. The minimum absolute atomic E-state index is 0.0222. The summed E-state index contributed by atoms with van der Waals surface area (Å²) < 4.78 is 1.42. The second kappa shape index (κ2) is 9.21. The number of hydrogen-bond donors (Lipinski definition) is 1. The number of para-hydroxylation sites is 1. The maximum Gasteiger partial charge on any atom is 0.328 e. The summed E-state index contributed by atoms with van der Waals surface area (Å²) in [5, 5.41) is 0.415. The molecule has 32 heavy (non-hydrogen) atoms. The van der Waals surface area contributed by atoms with Gasteiger partial charge < -0.3 is 9.80 Å². The predicted octanol–water partition coefficient (Wildman–Crippen LogP) is 1.63. The first-order valence-corrected chi connectivity index (χ1v) is 10.9. The standard InChI is InChI=1S/C24H26N4O4/c1-2-17-7-9-18(10-8-17)23(31)27-15-13-26(14-16-27)21(29)11-12-28-20-6-4-3-5-19(20)22(30)25-24(28)32/h3-10H,2,11-16H2,1H3,(H,25,30,32). The van der Waals surface area contributed by atoms with Crippen molar-refractivity contribution in [3.8, 4) is 0 Å². The van der Waals surface area contributed by atoms with E-state index in [0.717, 1.165) is 6.42 Å². The number of piperazine rings is 1. The summed E-state index contributed by atoms with van der Waals surface area (Å²) in [6, 6.07) is 14.5. The molecule has 0 radical (unpaired) electrons. The third kappa shape index (κ3) is 4.34. The van der Waals surface area contributed by atoms with Crippen LogP contribution < -0.4 is 11.2 Å². The lowest BCUT2D eigenvalue weighted by Gasteiger charge is -2.35. The summed E-state index contributed by atoms with van der Waals surface area (Å²) in [6.45, 7) is 4.11. The Hall–Kier alpha value is -3.68. The van der Waals surface area contributed by atoms with Gasteiger partial charge in [0.1, 0.15) is 0 Å². The van der Waals surface area contributed by atoms with Gasteiger partial charge >= 0.3 is 5.69 Å². The minimum atomic E-state index is -0.522. The van der Waals surface area contributed by atoms with Crippen LogP contribution in [0, 0.1) is 0 Å². The number of carbonyl (C=O) groups excluding carboxylic acids is 2. The zero-order chi connectivity index (χ0) is 22.7. The molecule has 4 rings (SSSR count). The third-order valence-electron chi connectivity index (χ3n) is 5.98. The number of aromatic amines is 1. The molecule has 1 aliphatic heterocycles. The minimum Gasteiger partial charge on any atom is -0.339 e. The second-order valence-electron chi connectivity index (χ2n) is 7.90. The van der Waals surface area contributed by atoms with Crippen LogP contribution in [0.4, 0.5) is 0 Å². The zero-order valence-corrected chi connectivity index (χ0v) is 18.0. The second-order valence-corrected chi connectivity index (χ2v) is 7.90. The summed E-state index contributed by atoms with van der Waals surface area (Å²) in [6.07, 6.45) is 1.07. The van der Waals surface area contributed by atoms with Crippen molar-refractivity contribution in [3.63, 3.8) is 0 Å². The molecule has 2 aromatic carbocycles. The van der Waals surface area contributed by atoms with E-state index in [4.69, 9.17) is 0 Å². The molecular weight excluding hydrogens is 408 g/mol. The van der Waals surface area contributed by atoms with Gasteiger partial charge in [-0.3, -0.25) is 23.9 Å². The smallest absolute Gasteiger partial charge is 0.328 e. The Morgan fingerprint density at radius 3 is 2.25 bits per heavy atom. The molecule has 1 fully saturated rings. The highest BCUT2D eigenvalue weighted by Gasteiger charge is 2.25. The Balaban J connectivity index is 1.36. The van der Waals surface area contributed by atoms with Crippen molar-refractivity contribution >= 4 is 22.7 Å². The average molecular weight is 434 g/mol.